The van der Waals surface area contributed by atoms with Crippen LogP contribution >= 0.6 is 11.8 Å². The third-order valence-electron chi connectivity index (χ3n) is 5.12. The first-order valence-corrected chi connectivity index (χ1v) is 11.2. The minimum absolute atomic E-state index is 0.00344. The van der Waals surface area contributed by atoms with Gasteiger partial charge < -0.3 is 14.0 Å². The Morgan fingerprint density at radius 3 is 2.88 bits per heavy atom. The van der Waals surface area contributed by atoms with Crippen LogP contribution in [0.2, 0.25) is 0 Å². The number of pyridine rings is 1. The van der Waals surface area contributed by atoms with Crippen molar-refractivity contribution in [3.63, 3.8) is 0 Å². The molecule has 0 unspecified atom stereocenters. The molecule has 0 atom stereocenters. The Hall–Kier alpha value is -3.65. The molecule has 8 heteroatoms. The SMILES string of the molecule is CCOC(=O)c1cn2c3c(cc(SCCc4cnccn4)cc3c1=O)Oc1ccccc1-2. The molecule has 2 aromatic carbocycles. The number of aromatic nitrogens is 3. The lowest BCUT2D eigenvalue weighted by Gasteiger charge is -2.24. The van der Waals surface area contributed by atoms with Gasteiger partial charge in [-0.1, -0.05) is 12.1 Å². The molecule has 160 valence electrons. The number of carbonyl (C=O) groups excluding carboxylic acids is 1. The fraction of sp³-hybridized carbons (Fsp3) is 0.167. The Balaban J connectivity index is 1.61. The minimum Gasteiger partial charge on any atom is -0.462 e. The highest BCUT2D eigenvalue weighted by molar-refractivity contribution is 7.99. The summed E-state index contributed by atoms with van der Waals surface area (Å²) < 4.78 is 13.1. The highest BCUT2D eigenvalue weighted by atomic mass is 32.2. The van der Waals surface area contributed by atoms with Gasteiger partial charge in [0.1, 0.15) is 11.1 Å². The van der Waals surface area contributed by atoms with E-state index in [1.54, 1.807) is 43.5 Å². The third kappa shape index (κ3) is 3.62. The van der Waals surface area contributed by atoms with Crippen LogP contribution in [0.1, 0.15) is 23.0 Å². The van der Waals surface area contributed by atoms with Gasteiger partial charge in [0.15, 0.2) is 11.5 Å². The molecule has 32 heavy (non-hydrogen) atoms. The van der Waals surface area contributed by atoms with Crippen LogP contribution in [0.4, 0.5) is 0 Å². The molecule has 0 saturated carbocycles. The van der Waals surface area contributed by atoms with Gasteiger partial charge in [-0.15, -0.1) is 11.8 Å². The molecule has 4 aromatic rings. The second-order valence-corrected chi connectivity index (χ2v) is 8.31. The zero-order valence-corrected chi connectivity index (χ0v) is 18.1. The van der Waals surface area contributed by atoms with Crippen LogP contribution in [0.25, 0.3) is 16.6 Å². The summed E-state index contributed by atoms with van der Waals surface area (Å²) >= 11 is 1.59. The number of fused-ring (bicyclic) bond motifs is 2. The zero-order valence-electron chi connectivity index (χ0n) is 17.3. The summed E-state index contributed by atoms with van der Waals surface area (Å²) in [5, 5.41) is 0.421. The van der Waals surface area contributed by atoms with Crippen molar-refractivity contribution in [1.29, 1.82) is 0 Å². The molecule has 7 nitrogen and oxygen atoms in total. The second kappa shape index (κ2) is 8.47. The Bertz CT molecular complexity index is 1390. The van der Waals surface area contributed by atoms with Gasteiger partial charge in [0.2, 0.25) is 5.43 Å². The third-order valence-corrected chi connectivity index (χ3v) is 6.10. The standard InChI is InChI=1S/C24H19N3O4S/c1-2-30-24(29)18-14-27-19-5-3-4-6-20(19)31-21-12-16(11-17(22(21)27)23(18)28)32-10-7-15-13-25-8-9-26-15/h3-6,8-9,11-14H,2,7,10H2,1H3. The highest BCUT2D eigenvalue weighted by Crippen LogP contribution is 2.41. The number of ether oxygens (including phenoxy) is 2. The summed E-state index contributed by atoms with van der Waals surface area (Å²) in [7, 11) is 0. The van der Waals surface area contributed by atoms with Crippen molar-refractivity contribution in [2.75, 3.05) is 12.4 Å². The molecular formula is C24H19N3O4S. The van der Waals surface area contributed by atoms with E-state index in [4.69, 9.17) is 9.47 Å². The number of carbonyl (C=O) groups is 1. The predicted molar refractivity (Wildman–Crippen MR) is 122 cm³/mol. The van der Waals surface area contributed by atoms with Crippen LogP contribution in [-0.2, 0) is 11.2 Å². The Labute approximate surface area is 188 Å². The van der Waals surface area contributed by atoms with Crippen molar-refractivity contribution in [3.8, 4) is 17.2 Å². The summed E-state index contributed by atoms with van der Waals surface area (Å²) in [5.41, 5.74) is 1.94. The van der Waals surface area contributed by atoms with Crippen molar-refractivity contribution in [3.05, 3.63) is 82.7 Å². The number of hydrogen-bond donors (Lipinski definition) is 0. The summed E-state index contributed by atoms with van der Waals surface area (Å²) in [4.78, 5) is 35.0. The molecule has 2 aromatic heterocycles. The first-order chi connectivity index (χ1) is 15.7. The van der Waals surface area contributed by atoms with E-state index in [9.17, 15) is 9.59 Å². The molecule has 0 spiro atoms. The molecule has 0 amide bonds. The van der Waals surface area contributed by atoms with Crippen LogP contribution in [-0.4, -0.2) is 32.9 Å². The first-order valence-electron chi connectivity index (χ1n) is 10.2. The quantitative estimate of drug-likeness (QED) is 0.283. The van der Waals surface area contributed by atoms with E-state index < -0.39 is 5.97 Å². The summed E-state index contributed by atoms with van der Waals surface area (Å²) in [6, 6.07) is 11.3. The van der Waals surface area contributed by atoms with Crippen LogP contribution < -0.4 is 10.2 Å². The number of nitrogens with zero attached hydrogens (tertiary/aromatic N) is 3. The van der Waals surface area contributed by atoms with Crippen molar-refractivity contribution in [1.82, 2.24) is 14.5 Å². The molecule has 0 bridgehead atoms. The molecule has 0 N–H and O–H groups in total. The normalized spacial score (nSPS) is 11.7. The molecule has 1 aliphatic rings. The van der Waals surface area contributed by atoms with Gasteiger partial charge in [0, 0.05) is 41.9 Å². The van der Waals surface area contributed by atoms with Crippen LogP contribution in [0.3, 0.4) is 0 Å². The summed E-state index contributed by atoms with van der Waals surface area (Å²) in [5.74, 6) is 1.36. The fourth-order valence-corrected chi connectivity index (χ4v) is 4.64. The molecule has 0 radical (unpaired) electrons. The molecule has 0 fully saturated rings. The van der Waals surface area contributed by atoms with Crippen molar-refractivity contribution < 1.29 is 14.3 Å². The maximum atomic E-state index is 13.3. The van der Waals surface area contributed by atoms with Crippen molar-refractivity contribution in [2.45, 2.75) is 18.2 Å². The van der Waals surface area contributed by atoms with E-state index in [0.29, 0.717) is 22.4 Å². The van der Waals surface area contributed by atoms with Gasteiger partial charge in [0.25, 0.3) is 0 Å². The summed E-state index contributed by atoms with van der Waals surface area (Å²) in [6.45, 7) is 1.91. The van der Waals surface area contributed by atoms with Crippen LogP contribution in [0.5, 0.6) is 11.5 Å². The molecule has 5 rings (SSSR count). The first kappa shape index (κ1) is 20.3. The maximum Gasteiger partial charge on any atom is 0.343 e. The molecule has 1 aliphatic heterocycles. The molecule has 0 aliphatic carbocycles. The van der Waals surface area contributed by atoms with Crippen LogP contribution in [0, 0.1) is 0 Å². The zero-order chi connectivity index (χ0) is 22.1. The predicted octanol–water partition coefficient (Wildman–Crippen LogP) is 4.40. The van der Waals surface area contributed by atoms with E-state index in [2.05, 4.69) is 9.97 Å². The van der Waals surface area contributed by atoms with E-state index in [0.717, 1.165) is 28.5 Å². The lowest BCUT2D eigenvalue weighted by Crippen LogP contribution is -2.22. The number of benzene rings is 2. The fourth-order valence-electron chi connectivity index (χ4n) is 3.70. The number of esters is 1. The maximum absolute atomic E-state index is 13.3. The number of rotatable bonds is 6. The minimum atomic E-state index is -0.630. The van der Waals surface area contributed by atoms with Gasteiger partial charge >= 0.3 is 5.97 Å². The highest BCUT2D eigenvalue weighted by Gasteiger charge is 2.25. The van der Waals surface area contributed by atoms with Crippen molar-refractivity contribution >= 4 is 28.6 Å². The number of para-hydroxylation sites is 2. The average Bonchev–Trinajstić information content (AvgIpc) is 2.81. The second-order valence-electron chi connectivity index (χ2n) is 7.14. The number of thioether (sulfide) groups is 1. The van der Waals surface area contributed by atoms with Gasteiger partial charge in [-0.05, 0) is 31.2 Å². The average molecular weight is 446 g/mol. The van der Waals surface area contributed by atoms with E-state index in [1.807, 2.05) is 41.0 Å². The van der Waals surface area contributed by atoms with E-state index >= 15 is 0 Å². The molecular weight excluding hydrogens is 426 g/mol. The number of hydrogen-bond acceptors (Lipinski definition) is 7. The number of aryl methyl sites for hydroxylation is 1. The smallest absolute Gasteiger partial charge is 0.343 e. The van der Waals surface area contributed by atoms with Gasteiger partial charge in [-0.3, -0.25) is 14.8 Å². The Morgan fingerprint density at radius 1 is 1.19 bits per heavy atom. The van der Waals surface area contributed by atoms with Gasteiger partial charge in [0.05, 0.1) is 23.4 Å². The topological polar surface area (TPSA) is 83.3 Å². The van der Waals surface area contributed by atoms with Gasteiger partial charge in [-0.25, -0.2) is 4.79 Å². The van der Waals surface area contributed by atoms with Crippen LogP contribution in [0.15, 0.2) is 70.9 Å². The Kier molecular flexibility index (Phi) is 5.36. The molecule has 3 heterocycles. The monoisotopic (exact) mass is 445 g/mol. The Morgan fingerprint density at radius 2 is 2.06 bits per heavy atom. The van der Waals surface area contributed by atoms with Gasteiger partial charge in [-0.2, -0.15) is 0 Å². The van der Waals surface area contributed by atoms with E-state index in [1.165, 1.54) is 0 Å². The lowest BCUT2D eigenvalue weighted by molar-refractivity contribution is 0.0524. The van der Waals surface area contributed by atoms with E-state index in [-0.39, 0.29) is 17.6 Å². The molecule has 0 saturated heterocycles. The summed E-state index contributed by atoms with van der Waals surface area (Å²) in [6.07, 6.45) is 7.35. The largest absolute Gasteiger partial charge is 0.462 e. The lowest BCUT2D eigenvalue weighted by atomic mass is 10.1. The van der Waals surface area contributed by atoms with Crippen molar-refractivity contribution in [2.24, 2.45) is 0 Å².